The maximum atomic E-state index is 11.8. The Morgan fingerprint density at radius 1 is 1.37 bits per heavy atom. The lowest BCUT2D eigenvalue weighted by Crippen LogP contribution is -2.29. The zero-order valence-electron chi connectivity index (χ0n) is 12.0. The predicted octanol–water partition coefficient (Wildman–Crippen LogP) is 2.45. The van der Waals surface area contributed by atoms with Crippen molar-refractivity contribution in [1.29, 1.82) is 0 Å². The van der Waals surface area contributed by atoms with Crippen molar-refractivity contribution < 1.29 is 9.90 Å². The average molecular weight is 263 g/mol. The second-order valence-corrected chi connectivity index (χ2v) is 5.02. The van der Waals surface area contributed by atoms with E-state index in [1.165, 1.54) is 11.1 Å². The molecule has 0 saturated heterocycles. The first-order chi connectivity index (χ1) is 9.17. The van der Waals surface area contributed by atoms with E-state index in [0.29, 0.717) is 18.9 Å². The number of nitrogens with one attached hydrogen (secondary N) is 1. The SMILES string of the molecule is CCC(CCO)CNC(=O)CCc1ccccc1C. The standard InChI is InChI=1S/C16H25NO2/c1-3-14(10-11-18)12-17-16(19)9-8-15-7-5-4-6-13(15)2/h4-7,14,18H,3,8-12H2,1-2H3,(H,17,19). The second-order valence-electron chi connectivity index (χ2n) is 5.02. The molecule has 0 aliphatic heterocycles. The van der Waals surface area contributed by atoms with Crippen LogP contribution in [0, 0.1) is 12.8 Å². The van der Waals surface area contributed by atoms with E-state index >= 15 is 0 Å². The van der Waals surface area contributed by atoms with Crippen LogP contribution in [0.1, 0.15) is 37.3 Å². The van der Waals surface area contributed by atoms with Crippen LogP contribution in [0.15, 0.2) is 24.3 Å². The van der Waals surface area contributed by atoms with Crippen LogP contribution in [0.3, 0.4) is 0 Å². The van der Waals surface area contributed by atoms with E-state index in [1.54, 1.807) is 0 Å². The third kappa shape index (κ3) is 5.88. The predicted molar refractivity (Wildman–Crippen MR) is 78.0 cm³/mol. The number of amides is 1. The molecule has 0 spiro atoms. The number of benzene rings is 1. The van der Waals surface area contributed by atoms with E-state index < -0.39 is 0 Å². The van der Waals surface area contributed by atoms with Crippen LogP contribution in [0.5, 0.6) is 0 Å². The monoisotopic (exact) mass is 263 g/mol. The van der Waals surface area contributed by atoms with Gasteiger partial charge in [0.25, 0.3) is 0 Å². The molecule has 0 fully saturated rings. The molecule has 0 aliphatic rings. The summed E-state index contributed by atoms with van der Waals surface area (Å²) in [5.41, 5.74) is 2.47. The first-order valence-corrected chi connectivity index (χ1v) is 7.09. The van der Waals surface area contributed by atoms with Gasteiger partial charge in [-0.25, -0.2) is 0 Å². The summed E-state index contributed by atoms with van der Waals surface area (Å²) >= 11 is 0. The fraction of sp³-hybridized carbons (Fsp3) is 0.562. The molecule has 0 heterocycles. The molecule has 19 heavy (non-hydrogen) atoms. The lowest BCUT2D eigenvalue weighted by molar-refractivity contribution is -0.121. The van der Waals surface area contributed by atoms with Crippen molar-refractivity contribution in [3.8, 4) is 0 Å². The average Bonchev–Trinajstić information content (AvgIpc) is 2.42. The fourth-order valence-corrected chi connectivity index (χ4v) is 2.12. The van der Waals surface area contributed by atoms with Gasteiger partial charge < -0.3 is 10.4 Å². The zero-order chi connectivity index (χ0) is 14.1. The molecular formula is C16H25NO2. The maximum Gasteiger partial charge on any atom is 0.220 e. The molecule has 1 unspecified atom stereocenters. The zero-order valence-corrected chi connectivity index (χ0v) is 12.0. The third-order valence-corrected chi connectivity index (χ3v) is 3.59. The molecule has 1 rings (SSSR count). The van der Waals surface area contributed by atoms with E-state index in [4.69, 9.17) is 5.11 Å². The van der Waals surface area contributed by atoms with Crippen molar-refractivity contribution in [3.63, 3.8) is 0 Å². The van der Waals surface area contributed by atoms with Crippen LogP contribution in [-0.2, 0) is 11.2 Å². The van der Waals surface area contributed by atoms with Crippen molar-refractivity contribution in [2.75, 3.05) is 13.2 Å². The number of carbonyl (C=O) groups is 1. The molecule has 1 aromatic carbocycles. The summed E-state index contributed by atoms with van der Waals surface area (Å²) in [6, 6.07) is 8.17. The Hall–Kier alpha value is -1.35. The lowest BCUT2D eigenvalue weighted by Gasteiger charge is -2.14. The lowest BCUT2D eigenvalue weighted by atomic mass is 10.0. The van der Waals surface area contributed by atoms with Crippen LogP contribution in [-0.4, -0.2) is 24.2 Å². The first-order valence-electron chi connectivity index (χ1n) is 7.09. The Kier molecular flexibility index (Phi) is 7.19. The Bertz CT molecular complexity index is 390. The Morgan fingerprint density at radius 2 is 2.11 bits per heavy atom. The molecule has 106 valence electrons. The van der Waals surface area contributed by atoms with E-state index in [0.717, 1.165) is 19.3 Å². The van der Waals surface area contributed by atoms with Crippen molar-refractivity contribution in [2.24, 2.45) is 5.92 Å². The third-order valence-electron chi connectivity index (χ3n) is 3.59. The molecule has 2 N–H and O–H groups in total. The van der Waals surface area contributed by atoms with Gasteiger partial charge in [0, 0.05) is 19.6 Å². The highest BCUT2D eigenvalue weighted by Crippen LogP contribution is 2.10. The molecule has 0 saturated carbocycles. The van der Waals surface area contributed by atoms with E-state index in [-0.39, 0.29) is 12.5 Å². The summed E-state index contributed by atoms with van der Waals surface area (Å²) in [6.07, 6.45) is 3.06. The smallest absolute Gasteiger partial charge is 0.220 e. The van der Waals surface area contributed by atoms with Crippen molar-refractivity contribution >= 4 is 5.91 Å². The Morgan fingerprint density at radius 3 is 2.74 bits per heavy atom. The van der Waals surface area contributed by atoms with Crippen LogP contribution < -0.4 is 5.32 Å². The summed E-state index contributed by atoms with van der Waals surface area (Å²) in [6.45, 7) is 5.02. The molecule has 0 aromatic heterocycles. The van der Waals surface area contributed by atoms with Crippen LogP contribution >= 0.6 is 0 Å². The van der Waals surface area contributed by atoms with E-state index in [2.05, 4.69) is 31.3 Å². The molecular weight excluding hydrogens is 238 g/mol. The normalized spacial score (nSPS) is 12.2. The Balaban J connectivity index is 2.30. The van der Waals surface area contributed by atoms with Gasteiger partial charge in [0.1, 0.15) is 0 Å². The molecule has 1 amide bonds. The Labute approximate surface area is 116 Å². The van der Waals surface area contributed by atoms with Crippen molar-refractivity contribution in [3.05, 3.63) is 35.4 Å². The highest BCUT2D eigenvalue weighted by molar-refractivity contribution is 5.76. The summed E-state index contributed by atoms with van der Waals surface area (Å²) in [4.78, 5) is 11.8. The number of hydrogen-bond acceptors (Lipinski definition) is 2. The number of aryl methyl sites for hydroxylation is 2. The van der Waals surface area contributed by atoms with Gasteiger partial charge >= 0.3 is 0 Å². The minimum atomic E-state index is 0.0969. The number of hydrogen-bond donors (Lipinski definition) is 2. The molecule has 0 radical (unpaired) electrons. The minimum absolute atomic E-state index is 0.0969. The molecule has 1 aromatic rings. The second kappa shape index (κ2) is 8.70. The largest absolute Gasteiger partial charge is 0.396 e. The highest BCUT2D eigenvalue weighted by Gasteiger charge is 2.08. The number of aliphatic hydroxyl groups is 1. The summed E-state index contributed by atoms with van der Waals surface area (Å²) in [7, 11) is 0. The van der Waals surface area contributed by atoms with Crippen molar-refractivity contribution in [2.45, 2.75) is 39.5 Å². The molecule has 1 atom stereocenters. The number of rotatable bonds is 8. The van der Waals surface area contributed by atoms with Gasteiger partial charge in [-0.3, -0.25) is 4.79 Å². The van der Waals surface area contributed by atoms with Gasteiger partial charge in [0.05, 0.1) is 0 Å². The summed E-state index contributed by atoms with van der Waals surface area (Å²) < 4.78 is 0. The number of carbonyl (C=O) groups excluding carboxylic acids is 1. The van der Waals surface area contributed by atoms with Crippen LogP contribution in [0.25, 0.3) is 0 Å². The summed E-state index contributed by atoms with van der Waals surface area (Å²) in [5.74, 6) is 0.479. The minimum Gasteiger partial charge on any atom is -0.396 e. The summed E-state index contributed by atoms with van der Waals surface area (Å²) in [5, 5.41) is 11.9. The van der Waals surface area contributed by atoms with Crippen molar-refractivity contribution in [1.82, 2.24) is 5.32 Å². The van der Waals surface area contributed by atoms with Gasteiger partial charge in [-0.2, -0.15) is 0 Å². The quantitative estimate of drug-likeness (QED) is 0.757. The van der Waals surface area contributed by atoms with Gasteiger partial charge in [-0.15, -0.1) is 0 Å². The van der Waals surface area contributed by atoms with Gasteiger partial charge in [0.15, 0.2) is 0 Å². The highest BCUT2D eigenvalue weighted by atomic mass is 16.3. The van der Waals surface area contributed by atoms with Gasteiger partial charge in [-0.1, -0.05) is 37.6 Å². The van der Waals surface area contributed by atoms with E-state index in [1.807, 2.05) is 12.1 Å². The first kappa shape index (κ1) is 15.7. The topological polar surface area (TPSA) is 49.3 Å². The van der Waals surface area contributed by atoms with E-state index in [9.17, 15) is 4.79 Å². The molecule has 3 nitrogen and oxygen atoms in total. The molecule has 3 heteroatoms. The number of aliphatic hydroxyl groups excluding tert-OH is 1. The van der Waals surface area contributed by atoms with Crippen LogP contribution in [0.2, 0.25) is 0 Å². The van der Waals surface area contributed by atoms with Gasteiger partial charge in [-0.05, 0) is 36.8 Å². The van der Waals surface area contributed by atoms with Crippen LogP contribution in [0.4, 0.5) is 0 Å². The maximum absolute atomic E-state index is 11.8. The fourth-order valence-electron chi connectivity index (χ4n) is 2.12. The molecule has 0 bridgehead atoms. The van der Waals surface area contributed by atoms with Gasteiger partial charge in [0.2, 0.25) is 5.91 Å². The molecule has 0 aliphatic carbocycles.